The topological polar surface area (TPSA) is 55.1 Å². The number of nitrogens with two attached hydrogens (primary N) is 1. The molecule has 0 aromatic rings. The van der Waals surface area contributed by atoms with Gasteiger partial charge in [0.25, 0.3) is 0 Å². The van der Waals surface area contributed by atoms with Crippen molar-refractivity contribution < 1.29 is 4.79 Å². The first kappa shape index (κ1) is 14.2. The predicted octanol–water partition coefficient (Wildman–Crippen LogP) is 2.15. The van der Waals surface area contributed by atoms with E-state index in [0.29, 0.717) is 6.04 Å². The molecule has 2 fully saturated rings. The van der Waals surface area contributed by atoms with Crippen molar-refractivity contribution in [3.63, 3.8) is 0 Å². The minimum atomic E-state index is -0.315. The Balaban J connectivity index is 1.67. The van der Waals surface area contributed by atoms with Gasteiger partial charge in [0.15, 0.2) is 0 Å². The van der Waals surface area contributed by atoms with Crippen molar-refractivity contribution >= 4 is 17.7 Å². The molecule has 2 saturated carbocycles. The first-order chi connectivity index (χ1) is 8.72. The maximum absolute atomic E-state index is 11.9. The lowest BCUT2D eigenvalue weighted by Gasteiger charge is -2.22. The molecule has 2 aliphatic carbocycles. The Labute approximate surface area is 115 Å². The van der Waals surface area contributed by atoms with E-state index in [1.54, 1.807) is 11.8 Å². The summed E-state index contributed by atoms with van der Waals surface area (Å²) >= 11 is 1.75. The van der Waals surface area contributed by atoms with Crippen molar-refractivity contribution in [1.82, 2.24) is 5.32 Å². The molecule has 0 bridgehead atoms. The van der Waals surface area contributed by atoms with E-state index >= 15 is 0 Å². The van der Waals surface area contributed by atoms with Crippen LogP contribution in [-0.4, -0.2) is 30.0 Å². The molecule has 3 N–H and O–H groups in total. The zero-order valence-corrected chi connectivity index (χ0v) is 12.2. The predicted molar refractivity (Wildman–Crippen MR) is 77.6 cm³/mol. The van der Waals surface area contributed by atoms with Crippen molar-refractivity contribution in [2.75, 3.05) is 12.0 Å². The minimum absolute atomic E-state index is 0.0624. The average Bonchev–Trinajstić information content (AvgIpc) is 3.16. The van der Waals surface area contributed by atoms with Crippen LogP contribution < -0.4 is 11.1 Å². The van der Waals surface area contributed by atoms with Gasteiger partial charge in [-0.25, -0.2) is 0 Å². The van der Waals surface area contributed by atoms with Crippen LogP contribution in [0.15, 0.2) is 0 Å². The minimum Gasteiger partial charge on any atom is -0.352 e. The Hall–Kier alpha value is -0.220. The summed E-state index contributed by atoms with van der Waals surface area (Å²) in [5.74, 6) is 2.64. The van der Waals surface area contributed by atoms with Gasteiger partial charge in [-0.15, -0.1) is 0 Å². The molecular formula is C14H26N2OS. The van der Waals surface area contributed by atoms with E-state index in [9.17, 15) is 4.79 Å². The summed E-state index contributed by atoms with van der Waals surface area (Å²) in [5.41, 5.74) is 5.88. The zero-order valence-electron chi connectivity index (χ0n) is 11.4. The summed E-state index contributed by atoms with van der Waals surface area (Å²) in [6.45, 7) is 0. The maximum Gasteiger partial charge on any atom is 0.237 e. The Morgan fingerprint density at radius 3 is 2.78 bits per heavy atom. The summed E-state index contributed by atoms with van der Waals surface area (Å²) in [6, 6.07) is 0.117. The summed E-state index contributed by atoms with van der Waals surface area (Å²) in [7, 11) is 0. The van der Waals surface area contributed by atoms with Gasteiger partial charge in [-0.2, -0.15) is 11.8 Å². The lowest BCUT2D eigenvalue weighted by Crippen LogP contribution is -2.42. The van der Waals surface area contributed by atoms with Crippen LogP contribution in [0, 0.1) is 11.8 Å². The lowest BCUT2D eigenvalue weighted by molar-refractivity contribution is -0.122. The zero-order chi connectivity index (χ0) is 13.0. The summed E-state index contributed by atoms with van der Waals surface area (Å²) < 4.78 is 0. The van der Waals surface area contributed by atoms with Crippen molar-refractivity contribution in [1.29, 1.82) is 0 Å². The molecule has 4 heteroatoms. The smallest absolute Gasteiger partial charge is 0.237 e. The van der Waals surface area contributed by atoms with Crippen LogP contribution in [0.1, 0.15) is 44.9 Å². The third-order valence-corrected chi connectivity index (χ3v) is 5.04. The molecule has 0 heterocycles. The van der Waals surface area contributed by atoms with Gasteiger partial charge >= 0.3 is 0 Å². The second-order valence-corrected chi connectivity index (χ2v) is 6.79. The average molecular weight is 270 g/mol. The summed E-state index contributed by atoms with van der Waals surface area (Å²) in [4.78, 5) is 11.9. The molecule has 2 aliphatic rings. The number of rotatable bonds is 6. The highest BCUT2D eigenvalue weighted by atomic mass is 32.2. The monoisotopic (exact) mass is 270 g/mol. The molecule has 0 aliphatic heterocycles. The molecule has 3 atom stereocenters. The second kappa shape index (κ2) is 6.80. The first-order valence-corrected chi connectivity index (χ1v) is 8.66. The normalized spacial score (nSPS) is 29.9. The SMILES string of the molecule is CSCC[C@H](N)C(=O)NC1CC1C1CCCCC1. The van der Waals surface area contributed by atoms with E-state index in [1.807, 2.05) is 6.26 Å². The highest BCUT2D eigenvalue weighted by Gasteiger charge is 2.44. The molecule has 0 aromatic heterocycles. The molecule has 0 aromatic carbocycles. The van der Waals surface area contributed by atoms with E-state index < -0.39 is 0 Å². The number of thioether (sulfide) groups is 1. The highest BCUT2D eigenvalue weighted by Crippen LogP contribution is 2.44. The number of nitrogens with one attached hydrogen (secondary N) is 1. The van der Waals surface area contributed by atoms with E-state index in [1.165, 1.54) is 38.5 Å². The summed E-state index contributed by atoms with van der Waals surface area (Å²) in [5, 5.41) is 3.14. The number of carbonyl (C=O) groups excluding carboxylic acids is 1. The van der Waals surface area contributed by atoms with Crippen LogP contribution in [0.2, 0.25) is 0 Å². The summed E-state index contributed by atoms with van der Waals surface area (Å²) in [6.07, 6.45) is 10.9. The van der Waals surface area contributed by atoms with E-state index in [4.69, 9.17) is 5.73 Å². The van der Waals surface area contributed by atoms with E-state index in [-0.39, 0.29) is 11.9 Å². The van der Waals surface area contributed by atoms with Gasteiger partial charge in [-0.05, 0) is 36.7 Å². The molecular weight excluding hydrogens is 244 g/mol. The van der Waals surface area contributed by atoms with Gasteiger partial charge < -0.3 is 11.1 Å². The molecule has 0 radical (unpaired) electrons. The van der Waals surface area contributed by atoms with E-state index in [2.05, 4.69) is 5.32 Å². The lowest BCUT2D eigenvalue weighted by atomic mass is 9.85. The third kappa shape index (κ3) is 3.89. The first-order valence-electron chi connectivity index (χ1n) is 7.27. The maximum atomic E-state index is 11.9. The number of hydrogen-bond acceptors (Lipinski definition) is 3. The molecule has 3 nitrogen and oxygen atoms in total. The van der Waals surface area contributed by atoms with Crippen LogP contribution in [0.3, 0.4) is 0 Å². The van der Waals surface area contributed by atoms with Gasteiger partial charge in [0.1, 0.15) is 0 Å². The van der Waals surface area contributed by atoms with Crippen molar-refractivity contribution in [2.24, 2.45) is 17.6 Å². The van der Waals surface area contributed by atoms with Gasteiger partial charge in [0.05, 0.1) is 6.04 Å². The molecule has 1 amide bonds. The Bertz CT molecular complexity index is 279. The fourth-order valence-corrected chi connectivity index (χ4v) is 3.62. The van der Waals surface area contributed by atoms with Gasteiger partial charge in [0.2, 0.25) is 5.91 Å². The Kier molecular flexibility index (Phi) is 5.37. The fraction of sp³-hybridized carbons (Fsp3) is 0.929. The molecule has 0 saturated heterocycles. The number of hydrogen-bond donors (Lipinski definition) is 2. The molecule has 104 valence electrons. The second-order valence-electron chi connectivity index (χ2n) is 5.80. The number of carbonyl (C=O) groups is 1. The van der Waals surface area contributed by atoms with Crippen LogP contribution in [0.25, 0.3) is 0 Å². The largest absolute Gasteiger partial charge is 0.352 e. The Morgan fingerprint density at radius 1 is 1.39 bits per heavy atom. The van der Waals surface area contributed by atoms with Gasteiger partial charge in [0, 0.05) is 6.04 Å². The van der Waals surface area contributed by atoms with E-state index in [0.717, 1.165) is 24.0 Å². The Morgan fingerprint density at radius 2 is 2.11 bits per heavy atom. The van der Waals surface area contributed by atoms with Crippen LogP contribution in [0.4, 0.5) is 0 Å². The highest BCUT2D eigenvalue weighted by molar-refractivity contribution is 7.98. The van der Waals surface area contributed by atoms with Crippen LogP contribution >= 0.6 is 11.8 Å². The van der Waals surface area contributed by atoms with Crippen molar-refractivity contribution in [3.05, 3.63) is 0 Å². The molecule has 2 unspecified atom stereocenters. The fourth-order valence-electron chi connectivity index (χ4n) is 3.13. The van der Waals surface area contributed by atoms with Crippen LogP contribution in [0.5, 0.6) is 0 Å². The third-order valence-electron chi connectivity index (χ3n) is 4.39. The van der Waals surface area contributed by atoms with Gasteiger partial charge in [-0.3, -0.25) is 4.79 Å². The van der Waals surface area contributed by atoms with Crippen molar-refractivity contribution in [2.45, 2.75) is 57.0 Å². The van der Waals surface area contributed by atoms with Crippen LogP contribution in [-0.2, 0) is 4.79 Å². The molecule has 18 heavy (non-hydrogen) atoms. The standard InChI is InChI=1S/C14H26N2OS/c1-18-8-7-12(15)14(17)16-13-9-11(13)10-5-3-2-4-6-10/h10-13H,2-9,15H2,1H3,(H,16,17)/t11?,12-,13?/m0/s1. The molecule has 2 rings (SSSR count). The molecule has 0 spiro atoms. The van der Waals surface area contributed by atoms with Gasteiger partial charge in [-0.1, -0.05) is 32.1 Å². The van der Waals surface area contributed by atoms with Crippen molar-refractivity contribution in [3.8, 4) is 0 Å². The number of amides is 1. The quantitative estimate of drug-likeness (QED) is 0.777.